The Morgan fingerprint density at radius 2 is 1.65 bits per heavy atom. The van der Waals surface area contributed by atoms with E-state index in [4.69, 9.17) is 37.9 Å². The molecule has 2 aromatic carbocycles. The van der Waals surface area contributed by atoms with Gasteiger partial charge in [0.15, 0.2) is 5.13 Å². The molecule has 9 heteroatoms. The number of fused-ring (bicyclic) bond motifs is 7. The van der Waals surface area contributed by atoms with E-state index in [1.165, 1.54) is 11.3 Å². The maximum atomic E-state index is 14.1. The quantitative estimate of drug-likeness (QED) is 0.337. The Morgan fingerprint density at radius 1 is 0.971 bits per heavy atom. The molecule has 1 amide bonds. The van der Waals surface area contributed by atoms with Crippen LogP contribution in [0, 0.1) is 5.41 Å². The van der Waals surface area contributed by atoms with Crippen LogP contribution in [0.2, 0.25) is 10.0 Å². The van der Waals surface area contributed by atoms with Crippen LogP contribution in [-0.2, 0) is 15.6 Å². The molecule has 34 heavy (non-hydrogen) atoms. The lowest BCUT2D eigenvalue weighted by Gasteiger charge is -2.39. The van der Waals surface area contributed by atoms with Gasteiger partial charge >= 0.3 is 0 Å². The first-order chi connectivity index (χ1) is 16.1. The van der Waals surface area contributed by atoms with Crippen molar-refractivity contribution in [2.24, 2.45) is 5.41 Å². The summed E-state index contributed by atoms with van der Waals surface area (Å²) in [6, 6.07) is 9.15. The van der Waals surface area contributed by atoms with Crippen LogP contribution < -0.4 is 10.1 Å². The van der Waals surface area contributed by atoms with Crippen LogP contribution in [-0.4, -0.2) is 28.0 Å². The highest BCUT2D eigenvalue weighted by Gasteiger charge is 2.73. The SMILES string of the molecule is COc1ccc2nc(NC(=O)C34CCC(C)(c5nc6cc(Cl)c(Cl)cc6nc53)C4(C)C)sc2c1. The number of aromatic nitrogens is 3. The third kappa shape index (κ3) is 2.63. The highest BCUT2D eigenvalue weighted by Crippen LogP contribution is 2.70. The van der Waals surface area contributed by atoms with Gasteiger partial charge < -0.3 is 10.1 Å². The summed E-state index contributed by atoms with van der Waals surface area (Å²) in [5, 5.41) is 4.54. The molecule has 1 fully saturated rings. The number of rotatable bonds is 3. The van der Waals surface area contributed by atoms with E-state index in [0.717, 1.165) is 33.8 Å². The standard InChI is InChI=1S/C25H22Cl2N4O2S/c1-23(2)24(3)7-8-25(23,20-19(24)28-16-10-13(26)14(27)11-17(16)29-20)21(32)31-22-30-15-6-5-12(33-4)9-18(15)34-22/h5-6,9-11H,7-8H2,1-4H3,(H,30,31,32). The van der Waals surface area contributed by atoms with Crippen molar-refractivity contribution < 1.29 is 9.53 Å². The first kappa shape index (κ1) is 22.0. The van der Waals surface area contributed by atoms with Crippen molar-refractivity contribution in [2.75, 3.05) is 12.4 Å². The molecule has 0 saturated heterocycles. The minimum atomic E-state index is -0.833. The van der Waals surface area contributed by atoms with Crippen LogP contribution >= 0.6 is 34.5 Å². The molecule has 1 N–H and O–H groups in total. The summed E-state index contributed by atoms with van der Waals surface area (Å²) in [7, 11) is 1.63. The monoisotopic (exact) mass is 512 g/mol. The van der Waals surface area contributed by atoms with Crippen molar-refractivity contribution in [3.63, 3.8) is 0 Å². The van der Waals surface area contributed by atoms with Crippen LogP contribution in [0.3, 0.4) is 0 Å². The summed E-state index contributed by atoms with van der Waals surface area (Å²) in [5.74, 6) is 0.658. The molecule has 1 saturated carbocycles. The fraction of sp³-hybridized carbons (Fsp3) is 0.360. The van der Waals surface area contributed by atoms with Gasteiger partial charge in [0, 0.05) is 5.41 Å². The fourth-order valence-corrected chi connectivity index (χ4v) is 7.10. The van der Waals surface area contributed by atoms with Gasteiger partial charge in [-0.2, -0.15) is 0 Å². The van der Waals surface area contributed by atoms with Crippen molar-refractivity contribution in [1.29, 1.82) is 0 Å². The Bertz CT molecular complexity index is 1530. The normalized spacial score (nSPS) is 24.5. The van der Waals surface area contributed by atoms with E-state index in [-0.39, 0.29) is 11.3 Å². The van der Waals surface area contributed by atoms with E-state index in [0.29, 0.717) is 32.6 Å². The molecular weight excluding hydrogens is 491 g/mol. The van der Waals surface area contributed by atoms with E-state index < -0.39 is 10.8 Å². The molecule has 0 spiro atoms. The van der Waals surface area contributed by atoms with Gasteiger partial charge in [0.1, 0.15) is 5.75 Å². The van der Waals surface area contributed by atoms with Crippen molar-refractivity contribution in [2.45, 2.75) is 44.4 Å². The molecule has 2 bridgehead atoms. The number of amides is 1. The van der Waals surface area contributed by atoms with E-state index in [9.17, 15) is 4.79 Å². The first-order valence-electron chi connectivity index (χ1n) is 11.0. The van der Waals surface area contributed by atoms with Gasteiger partial charge in [0.2, 0.25) is 5.91 Å². The number of hydrogen-bond acceptors (Lipinski definition) is 6. The molecule has 2 heterocycles. The second-order valence-corrected chi connectivity index (χ2v) is 11.7. The molecule has 0 aliphatic heterocycles. The van der Waals surface area contributed by atoms with Gasteiger partial charge in [0.05, 0.1) is 55.2 Å². The molecule has 174 valence electrons. The van der Waals surface area contributed by atoms with Gasteiger partial charge in [-0.1, -0.05) is 55.3 Å². The predicted octanol–water partition coefficient (Wildman–Crippen LogP) is 6.52. The molecule has 2 aliphatic rings. The third-order valence-corrected chi connectivity index (χ3v) is 9.94. The molecule has 2 unspecified atom stereocenters. The van der Waals surface area contributed by atoms with E-state index in [2.05, 4.69) is 31.1 Å². The zero-order valence-corrected chi connectivity index (χ0v) is 21.5. The largest absolute Gasteiger partial charge is 0.497 e. The topological polar surface area (TPSA) is 77.0 Å². The molecule has 2 atom stereocenters. The molecule has 6 nitrogen and oxygen atoms in total. The van der Waals surface area contributed by atoms with Gasteiger partial charge in [-0.15, -0.1) is 0 Å². The lowest BCUT2D eigenvalue weighted by molar-refractivity contribution is -0.125. The molecular formula is C25H22Cl2N4O2S. The minimum Gasteiger partial charge on any atom is -0.497 e. The third-order valence-electron chi connectivity index (χ3n) is 8.28. The van der Waals surface area contributed by atoms with Crippen molar-refractivity contribution in [3.8, 4) is 5.75 Å². The highest BCUT2D eigenvalue weighted by molar-refractivity contribution is 7.22. The van der Waals surface area contributed by atoms with Gasteiger partial charge in [0.25, 0.3) is 0 Å². The summed E-state index contributed by atoms with van der Waals surface area (Å²) in [6.45, 7) is 6.49. The van der Waals surface area contributed by atoms with Crippen molar-refractivity contribution in [3.05, 3.63) is 51.8 Å². The number of thiazole rings is 1. The van der Waals surface area contributed by atoms with Gasteiger partial charge in [-0.05, 0) is 48.6 Å². The molecule has 2 aliphatic carbocycles. The number of nitrogens with one attached hydrogen (secondary N) is 1. The summed E-state index contributed by atoms with van der Waals surface area (Å²) in [5.41, 5.74) is 2.22. The second kappa shape index (κ2) is 7.03. The average molecular weight is 513 g/mol. The lowest BCUT2D eigenvalue weighted by Crippen LogP contribution is -2.48. The van der Waals surface area contributed by atoms with Crippen LogP contribution in [0.25, 0.3) is 21.3 Å². The molecule has 2 aromatic heterocycles. The summed E-state index contributed by atoms with van der Waals surface area (Å²) < 4.78 is 6.27. The molecule has 0 radical (unpaired) electrons. The predicted molar refractivity (Wildman–Crippen MR) is 136 cm³/mol. The Kier molecular flexibility index (Phi) is 4.55. The first-order valence-corrected chi connectivity index (χ1v) is 12.6. The van der Waals surface area contributed by atoms with Crippen molar-refractivity contribution >= 4 is 66.8 Å². The van der Waals surface area contributed by atoms with Crippen LogP contribution in [0.15, 0.2) is 30.3 Å². The smallest absolute Gasteiger partial charge is 0.239 e. The van der Waals surface area contributed by atoms with Crippen LogP contribution in [0.4, 0.5) is 5.13 Å². The molecule has 6 rings (SSSR count). The highest BCUT2D eigenvalue weighted by atomic mass is 35.5. The fourth-order valence-electron chi connectivity index (χ4n) is 5.89. The Hall–Kier alpha value is -2.48. The number of methoxy groups -OCH3 is 1. The zero-order chi connectivity index (χ0) is 24.0. The Labute approximate surface area is 210 Å². The summed E-state index contributed by atoms with van der Waals surface area (Å²) in [4.78, 5) is 28.7. The number of hydrogen-bond donors (Lipinski definition) is 1. The number of benzene rings is 2. The summed E-state index contributed by atoms with van der Waals surface area (Å²) >= 11 is 14.0. The lowest BCUT2D eigenvalue weighted by atomic mass is 9.63. The van der Waals surface area contributed by atoms with E-state index in [1.54, 1.807) is 19.2 Å². The van der Waals surface area contributed by atoms with Crippen LogP contribution in [0.5, 0.6) is 5.75 Å². The molecule has 4 aromatic rings. The van der Waals surface area contributed by atoms with Gasteiger partial charge in [-0.25, -0.2) is 15.0 Å². The maximum Gasteiger partial charge on any atom is 0.239 e. The number of nitrogens with zero attached hydrogens (tertiary/aromatic N) is 3. The van der Waals surface area contributed by atoms with Gasteiger partial charge in [-0.3, -0.25) is 4.79 Å². The van der Waals surface area contributed by atoms with Crippen LogP contribution in [0.1, 0.15) is 45.0 Å². The Morgan fingerprint density at radius 3 is 2.32 bits per heavy atom. The number of carbonyl (C=O) groups excluding carboxylic acids is 1. The van der Waals surface area contributed by atoms with E-state index >= 15 is 0 Å². The minimum absolute atomic E-state index is 0.0975. The second-order valence-electron chi connectivity index (χ2n) is 9.85. The average Bonchev–Trinajstić information content (AvgIpc) is 3.33. The number of carbonyl (C=O) groups is 1. The number of halogens is 2. The summed E-state index contributed by atoms with van der Waals surface area (Å²) in [6.07, 6.45) is 1.54. The van der Waals surface area contributed by atoms with Crippen molar-refractivity contribution in [1.82, 2.24) is 15.0 Å². The van der Waals surface area contributed by atoms with E-state index in [1.807, 2.05) is 18.2 Å². The maximum absolute atomic E-state index is 14.1. The number of anilines is 1. The Balaban J connectivity index is 1.48. The number of ether oxygens (including phenoxy) is 1. The zero-order valence-electron chi connectivity index (χ0n) is 19.1.